The maximum absolute atomic E-state index is 11.9. The van der Waals surface area contributed by atoms with Gasteiger partial charge in [-0.3, -0.25) is 4.79 Å². The highest BCUT2D eigenvalue weighted by Crippen LogP contribution is 2.31. The summed E-state index contributed by atoms with van der Waals surface area (Å²) >= 11 is 0. The van der Waals surface area contributed by atoms with Crippen molar-refractivity contribution in [2.75, 3.05) is 20.2 Å². The molecule has 0 aromatic heterocycles. The highest BCUT2D eigenvalue weighted by molar-refractivity contribution is 5.75. The molecule has 19 heavy (non-hydrogen) atoms. The molecule has 0 saturated heterocycles. The van der Waals surface area contributed by atoms with Crippen molar-refractivity contribution in [3.8, 4) is 0 Å². The van der Waals surface area contributed by atoms with E-state index in [2.05, 4.69) is 5.32 Å². The van der Waals surface area contributed by atoms with Gasteiger partial charge in [-0.25, -0.2) is 4.79 Å². The van der Waals surface area contributed by atoms with Crippen LogP contribution in [0.5, 0.6) is 0 Å². The molecule has 0 aliphatic heterocycles. The van der Waals surface area contributed by atoms with Gasteiger partial charge in [-0.2, -0.15) is 0 Å². The molecule has 1 fully saturated rings. The number of urea groups is 1. The molecule has 3 N–H and O–H groups in total. The molecule has 110 valence electrons. The number of aliphatic carboxylic acids is 1. The minimum atomic E-state index is -0.777. The molecule has 0 bridgehead atoms. The first kappa shape index (κ1) is 15.8. The first-order valence-corrected chi connectivity index (χ1v) is 6.65. The summed E-state index contributed by atoms with van der Waals surface area (Å²) in [4.78, 5) is 24.4. The predicted octanol–water partition coefficient (Wildman–Crippen LogP) is 0.900. The molecule has 2 amide bonds. The fourth-order valence-electron chi connectivity index (χ4n) is 2.32. The molecule has 0 radical (unpaired) electrons. The lowest BCUT2D eigenvalue weighted by molar-refractivity contribution is -0.142. The number of aliphatic hydroxyl groups is 1. The van der Waals surface area contributed by atoms with Gasteiger partial charge in [0.1, 0.15) is 0 Å². The molecular formula is C13H24N2O4. The van der Waals surface area contributed by atoms with Gasteiger partial charge in [0, 0.05) is 13.6 Å². The molecule has 1 rings (SSSR count). The van der Waals surface area contributed by atoms with E-state index in [-0.39, 0.29) is 24.5 Å². The minimum absolute atomic E-state index is 0.00656. The van der Waals surface area contributed by atoms with Gasteiger partial charge < -0.3 is 20.4 Å². The number of carboxylic acid groups (broad SMARTS) is 1. The Kier molecular flexibility index (Phi) is 5.17. The summed E-state index contributed by atoms with van der Waals surface area (Å²) in [6, 6.07) is -0.282. The topological polar surface area (TPSA) is 89.9 Å². The summed E-state index contributed by atoms with van der Waals surface area (Å²) in [7, 11) is 1.62. The van der Waals surface area contributed by atoms with Crippen LogP contribution in [0.15, 0.2) is 0 Å². The fraction of sp³-hybridized carbons (Fsp3) is 0.846. The summed E-state index contributed by atoms with van der Waals surface area (Å²) in [5, 5.41) is 21.0. The molecule has 1 saturated carbocycles. The molecule has 6 nitrogen and oxygen atoms in total. The Bertz CT molecular complexity index is 344. The molecular weight excluding hydrogens is 248 g/mol. The number of hydrogen-bond donors (Lipinski definition) is 3. The normalized spacial score (nSPS) is 23.2. The molecule has 2 unspecified atom stereocenters. The number of nitrogens with one attached hydrogen (secondary N) is 1. The lowest BCUT2D eigenvalue weighted by atomic mass is 9.96. The second-order valence-corrected chi connectivity index (χ2v) is 5.85. The van der Waals surface area contributed by atoms with E-state index in [0.29, 0.717) is 13.0 Å². The van der Waals surface area contributed by atoms with Crippen LogP contribution >= 0.6 is 0 Å². The second-order valence-electron chi connectivity index (χ2n) is 5.85. The van der Waals surface area contributed by atoms with Crippen molar-refractivity contribution in [2.24, 2.45) is 11.8 Å². The number of nitrogens with zero attached hydrogens (tertiary/aromatic N) is 1. The third-order valence-corrected chi connectivity index (χ3v) is 4.09. The average Bonchev–Trinajstić information content (AvgIpc) is 2.83. The molecule has 1 aliphatic carbocycles. The zero-order valence-electron chi connectivity index (χ0n) is 11.8. The zero-order chi connectivity index (χ0) is 14.6. The van der Waals surface area contributed by atoms with Crippen molar-refractivity contribution in [2.45, 2.75) is 38.6 Å². The van der Waals surface area contributed by atoms with Crippen LogP contribution in [0.25, 0.3) is 0 Å². The van der Waals surface area contributed by atoms with Gasteiger partial charge in [-0.05, 0) is 32.6 Å². The van der Waals surface area contributed by atoms with Crippen LogP contribution in [0.3, 0.4) is 0 Å². The highest BCUT2D eigenvalue weighted by atomic mass is 16.4. The summed E-state index contributed by atoms with van der Waals surface area (Å²) in [5.41, 5.74) is -0.633. The van der Waals surface area contributed by atoms with Gasteiger partial charge in [0.25, 0.3) is 0 Å². The molecule has 6 heteroatoms. The van der Waals surface area contributed by atoms with Crippen molar-refractivity contribution >= 4 is 12.0 Å². The summed E-state index contributed by atoms with van der Waals surface area (Å²) in [6.07, 6.45) is 2.42. The van der Waals surface area contributed by atoms with E-state index in [1.807, 2.05) is 0 Å². The first-order chi connectivity index (χ1) is 8.79. The fourth-order valence-corrected chi connectivity index (χ4v) is 2.32. The Balaban J connectivity index is 2.48. The van der Waals surface area contributed by atoms with Crippen LogP contribution in [0, 0.1) is 11.8 Å². The van der Waals surface area contributed by atoms with E-state index in [1.54, 1.807) is 20.9 Å². The van der Waals surface area contributed by atoms with Crippen LogP contribution in [0.1, 0.15) is 33.1 Å². The Hall–Kier alpha value is -1.30. The number of rotatable bonds is 5. The van der Waals surface area contributed by atoms with Crippen molar-refractivity contribution in [3.05, 3.63) is 0 Å². The van der Waals surface area contributed by atoms with Crippen LogP contribution in [-0.4, -0.2) is 52.9 Å². The summed E-state index contributed by atoms with van der Waals surface area (Å²) in [5.74, 6) is -1.12. The molecule has 2 atom stereocenters. The smallest absolute Gasteiger partial charge is 0.317 e. The number of amides is 2. The largest absolute Gasteiger partial charge is 0.481 e. The molecule has 0 heterocycles. The number of carbonyl (C=O) groups is 2. The SMILES string of the molecule is CN(C(=O)NCC1CCCC1C(=O)O)C(C)(C)CO. The summed E-state index contributed by atoms with van der Waals surface area (Å²) in [6.45, 7) is 3.78. The number of hydrogen-bond acceptors (Lipinski definition) is 3. The van der Waals surface area contributed by atoms with Crippen molar-refractivity contribution in [1.82, 2.24) is 10.2 Å². The van der Waals surface area contributed by atoms with Gasteiger partial charge in [0.15, 0.2) is 0 Å². The molecule has 0 spiro atoms. The van der Waals surface area contributed by atoms with Gasteiger partial charge in [-0.1, -0.05) is 6.42 Å². The van der Waals surface area contributed by atoms with E-state index in [9.17, 15) is 14.7 Å². The molecule has 1 aliphatic rings. The monoisotopic (exact) mass is 272 g/mol. The van der Waals surface area contributed by atoms with E-state index in [1.165, 1.54) is 4.90 Å². The van der Waals surface area contributed by atoms with Crippen LogP contribution < -0.4 is 5.32 Å². The molecule has 0 aromatic rings. The van der Waals surface area contributed by atoms with Crippen LogP contribution in [-0.2, 0) is 4.79 Å². The maximum Gasteiger partial charge on any atom is 0.317 e. The first-order valence-electron chi connectivity index (χ1n) is 6.65. The zero-order valence-corrected chi connectivity index (χ0v) is 11.8. The Morgan fingerprint density at radius 1 is 1.37 bits per heavy atom. The second kappa shape index (κ2) is 6.23. The Morgan fingerprint density at radius 2 is 2.00 bits per heavy atom. The number of aliphatic hydroxyl groups excluding tert-OH is 1. The van der Waals surface area contributed by atoms with Gasteiger partial charge in [0.05, 0.1) is 18.1 Å². The van der Waals surface area contributed by atoms with Crippen molar-refractivity contribution in [3.63, 3.8) is 0 Å². The van der Waals surface area contributed by atoms with Gasteiger partial charge in [-0.15, -0.1) is 0 Å². The third kappa shape index (κ3) is 3.83. The lowest BCUT2D eigenvalue weighted by Gasteiger charge is -2.34. The number of carboxylic acids is 1. The van der Waals surface area contributed by atoms with Crippen molar-refractivity contribution < 1.29 is 19.8 Å². The van der Waals surface area contributed by atoms with Crippen LogP contribution in [0.2, 0.25) is 0 Å². The van der Waals surface area contributed by atoms with E-state index in [4.69, 9.17) is 5.11 Å². The maximum atomic E-state index is 11.9. The van der Waals surface area contributed by atoms with E-state index < -0.39 is 11.5 Å². The molecule has 0 aromatic carbocycles. The van der Waals surface area contributed by atoms with E-state index >= 15 is 0 Å². The lowest BCUT2D eigenvalue weighted by Crippen LogP contribution is -2.52. The van der Waals surface area contributed by atoms with E-state index in [0.717, 1.165) is 12.8 Å². The quantitative estimate of drug-likeness (QED) is 0.693. The highest BCUT2D eigenvalue weighted by Gasteiger charge is 2.34. The Labute approximate surface area is 113 Å². The minimum Gasteiger partial charge on any atom is -0.481 e. The third-order valence-electron chi connectivity index (χ3n) is 4.09. The predicted molar refractivity (Wildman–Crippen MR) is 70.8 cm³/mol. The summed E-state index contributed by atoms with van der Waals surface area (Å²) < 4.78 is 0. The van der Waals surface area contributed by atoms with Gasteiger partial charge >= 0.3 is 12.0 Å². The standard InChI is InChI=1S/C13H24N2O4/c1-13(2,8-16)15(3)12(19)14-7-9-5-4-6-10(9)11(17)18/h9-10,16H,4-8H2,1-3H3,(H,14,19)(H,17,18). The average molecular weight is 272 g/mol. The van der Waals surface area contributed by atoms with Crippen molar-refractivity contribution in [1.29, 1.82) is 0 Å². The number of carbonyl (C=O) groups excluding carboxylic acids is 1. The Morgan fingerprint density at radius 3 is 2.53 bits per heavy atom. The number of likely N-dealkylation sites (N-methyl/N-ethyl adjacent to an activating group) is 1. The van der Waals surface area contributed by atoms with Crippen LogP contribution in [0.4, 0.5) is 4.79 Å². The van der Waals surface area contributed by atoms with Gasteiger partial charge in [0.2, 0.25) is 0 Å².